The predicted molar refractivity (Wildman–Crippen MR) is 84.7 cm³/mol. The molecule has 1 fully saturated rings. The Morgan fingerprint density at radius 3 is 2.76 bits per heavy atom. The largest absolute Gasteiger partial charge is 0.484 e. The summed E-state index contributed by atoms with van der Waals surface area (Å²) in [6.07, 6.45) is 2.04. The van der Waals surface area contributed by atoms with Crippen molar-refractivity contribution in [3.8, 4) is 5.75 Å². The van der Waals surface area contributed by atoms with E-state index in [1.165, 1.54) is 5.56 Å². The summed E-state index contributed by atoms with van der Waals surface area (Å²) in [5, 5.41) is 3.31. The van der Waals surface area contributed by atoms with Crippen molar-refractivity contribution in [2.24, 2.45) is 0 Å². The molecule has 1 amide bonds. The number of piperidine rings is 1. The third kappa shape index (κ3) is 4.46. The molecule has 0 radical (unpaired) electrons. The normalized spacial score (nSPS) is 16.0. The van der Waals surface area contributed by atoms with E-state index in [0.29, 0.717) is 12.0 Å². The molecule has 4 heteroatoms. The van der Waals surface area contributed by atoms with Crippen LogP contribution in [0.2, 0.25) is 0 Å². The molecular formula is C17H26N2O2. The second-order valence-corrected chi connectivity index (χ2v) is 6.00. The van der Waals surface area contributed by atoms with Gasteiger partial charge in [0.1, 0.15) is 5.75 Å². The van der Waals surface area contributed by atoms with E-state index in [9.17, 15) is 4.79 Å². The lowest BCUT2D eigenvalue weighted by atomic mass is 10.0. The second kappa shape index (κ2) is 7.46. The van der Waals surface area contributed by atoms with Gasteiger partial charge < -0.3 is 15.0 Å². The summed E-state index contributed by atoms with van der Waals surface area (Å²) in [4.78, 5) is 14.1. The Hall–Kier alpha value is -1.55. The summed E-state index contributed by atoms with van der Waals surface area (Å²) >= 11 is 0. The summed E-state index contributed by atoms with van der Waals surface area (Å²) in [6.45, 7) is 6.38. The van der Waals surface area contributed by atoms with Crippen LogP contribution in [0, 0.1) is 0 Å². The number of ether oxygens (including phenoxy) is 1. The molecule has 0 unspecified atom stereocenters. The fourth-order valence-corrected chi connectivity index (χ4v) is 2.61. The van der Waals surface area contributed by atoms with Gasteiger partial charge in [0.25, 0.3) is 5.91 Å². The highest BCUT2D eigenvalue weighted by Crippen LogP contribution is 2.20. The average Bonchev–Trinajstić information content (AvgIpc) is 2.53. The molecule has 0 aromatic heterocycles. The highest BCUT2D eigenvalue weighted by molar-refractivity contribution is 5.77. The minimum Gasteiger partial charge on any atom is -0.484 e. The lowest BCUT2D eigenvalue weighted by Crippen LogP contribution is -2.45. The van der Waals surface area contributed by atoms with E-state index in [2.05, 4.69) is 25.2 Å². The highest BCUT2D eigenvalue weighted by atomic mass is 16.5. The van der Waals surface area contributed by atoms with E-state index < -0.39 is 0 Å². The van der Waals surface area contributed by atoms with Crippen LogP contribution in [0.1, 0.15) is 38.2 Å². The number of likely N-dealkylation sites (N-methyl/N-ethyl adjacent to an activating group) is 1. The number of hydrogen-bond acceptors (Lipinski definition) is 3. The maximum Gasteiger partial charge on any atom is 0.260 e. The Morgan fingerprint density at radius 2 is 2.10 bits per heavy atom. The minimum absolute atomic E-state index is 0.0526. The van der Waals surface area contributed by atoms with Crippen molar-refractivity contribution in [1.29, 1.82) is 0 Å². The van der Waals surface area contributed by atoms with Crippen LogP contribution in [0.3, 0.4) is 0 Å². The lowest BCUT2D eigenvalue weighted by molar-refractivity contribution is -0.134. The van der Waals surface area contributed by atoms with Crippen molar-refractivity contribution in [2.75, 3.05) is 26.7 Å². The first kappa shape index (κ1) is 15.8. The van der Waals surface area contributed by atoms with Crippen LogP contribution in [0.5, 0.6) is 5.75 Å². The van der Waals surface area contributed by atoms with Crippen LogP contribution < -0.4 is 10.1 Å². The fraction of sp³-hybridized carbons (Fsp3) is 0.588. The molecule has 0 spiro atoms. The van der Waals surface area contributed by atoms with Crippen molar-refractivity contribution in [3.05, 3.63) is 29.8 Å². The maximum atomic E-state index is 12.2. The van der Waals surface area contributed by atoms with E-state index in [-0.39, 0.29) is 12.5 Å². The average molecular weight is 290 g/mol. The molecular weight excluding hydrogens is 264 g/mol. The molecule has 116 valence electrons. The molecule has 0 saturated carbocycles. The predicted octanol–water partition coefficient (Wildman–Crippen LogP) is 2.40. The first-order valence-corrected chi connectivity index (χ1v) is 7.77. The number of nitrogens with one attached hydrogen (secondary N) is 1. The molecule has 1 aromatic carbocycles. The van der Waals surface area contributed by atoms with Crippen LogP contribution in [-0.4, -0.2) is 43.6 Å². The second-order valence-electron chi connectivity index (χ2n) is 6.00. The summed E-state index contributed by atoms with van der Waals surface area (Å²) in [5.74, 6) is 1.28. The number of carbonyl (C=O) groups is 1. The van der Waals surface area contributed by atoms with Crippen LogP contribution in [0.15, 0.2) is 24.3 Å². The SMILES string of the molecule is CC(C)c1cccc(OCC(=O)N(C)C2CCNCC2)c1. The van der Waals surface area contributed by atoms with Gasteiger partial charge in [-0.25, -0.2) is 0 Å². The molecule has 4 nitrogen and oxygen atoms in total. The monoisotopic (exact) mass is 290 g/mol. The van der Waals surface area contributed by atoms with Gasteiger partial charge in [-0.15, -0.1) is 0 Å². The molecule has 21 heavy (non-hydrogen) atoms. The maximum absolute atomic E-state index is 12.2. The van der Waals surface area contributed by atoms with Crippen molar-refractivity contribution >= 4 is 5.91 Å². The molecule has 0 bridgehead atoms. The van der Waals surface area contributed by atoms with Gasteiger partial charge in [-0.05, 0) is 49.5 Å². The topological polar surface area (TPSA) is 41.6 Å². The lowest BCUT2D eigenvalue weighted by Gasteiger charge is -2.31. The Morgan fingerprint density at radius 1 is 1.38 bits per heavy atom. The number of amides is 1. The van der Waals surface area contributed by atoms with Gasteiger partial charge in [0.05, 0.1) is 0 Å². The zero-order valence-electron chi connectivity index (χ0n) is 13.3. The summed E-state index contributed by atoms with van der Waals surface area (Å²) in [6, 6.07) is 8.32. The molecule has 1 aliphatic rings. The third-order valence-electron chi connectivity index (χ3n) is 4.14. The number of hydrogen-bond donors (Lipinski definition) is 1. The van der Waals surface area contributed by atoms with Crippen molar-refractivity contribution < 1.29 is 9.53 Å². The molecule has 1 aliphatic heterocycles. The zero-order valence-corrected chi connectivity index (χ0v) is 13.3. The van der Waals surface area contributed by atoms with Crippen LogP contribution in [-0.2, 0) is 4.79 Å². The molecule has 0 atom stereocenters. The Labute approximate surface area is 127 Å². The number of carbonyl (C=O) groups excluding carboxylic acids is 1. The number of nitrogens with zero attached hydrogens (tertiary/aromatic N) is 1. The Kier molecular flexibility index (Phi) is 5.62. The number of benzene rings is 1. The standard InChI is InChI=1S/C17H26N2O2/c1-13(2)14-5-4-6-16(11-14)21-12-17(20)19(3)15-7-9-18-10-8-15/h4-6,11,13,15,18H,7-10,12H2,1-3H3. The molecule has 1 saturated heterocycles. The van der Waals surface area contributed by atoms with E-state index in [4.69, 9.17) is 4.74 Å². The van der Waals surface area contributed by atoms with Gasteiger partial charge in [-0.1, -0.05) is 26.0 Å². The van der Waals surface area contributed by atoms with E-state index in [1.54, 1.807) is 0 Å². The number of rotatable bonds is 5. The molecule has 1 aromatic rings. The summed E-state index contributed by atoms with van der Waals surface area (Å²) in [5.41, 5.74) is 1.23. The van der Waals surface area contributed by atoms with Gasteiger partial charge in [0.15, 0.2) is 6.61 Å². The molecule has 2 rings (SSSR count). The quantitative estimate of drug-likeness (QED) is 0.905. The molecule has 0 aliphatic carbocycles. The Bertz CT molecular complexity index is 468. The first-order chi connectivity index (χ1) is 10.1. The van der Waals surface area contributed by atoms with Gasteiger partial charge in [0, 0.05) is 13.1 Å². The summed E-state index contributed by atoms with van der Waals surface area (Å²) in [7, 11) is 1.88. The van der Waals surface area contributed by atoms with Crippen LogP contribution >= 0.6 is 0 Å². The first-order valence-electron chi connectivity index (χ1n) is 7.77. The minimum atomic E-state index is 0.0526. The zero-order chi connectivity index (χ0) is 15.2. The summed E-state index contributed by atoms with van der Waals surface area (Å²) < 4.78 is 5.66. The molecule has 1 heterocycles. The van der Waals surface area contributed by atoms with Crippen LogP contribution in [0.4, 0.5) is 0 Å². The Balaban J connectivity index is 1.86. The van der Waals surface area contributed by atoms with E-state index >= 15 is 0 Å². The van der Waals surface area contributed by atoms with Gasteiger partial charge in [0.2, 0.25) is 0 Å². The molecule has 1 N–H and O–H groups in total. The van der Waals surface area contributed by atoms with Gasteiger partial charge >= 0.3 is 0 Å². The van der Waals surface area contributed by atoms with Gasteiger partial charge in [-0.3, -0.25) is 4.79 Å². The third-order valence-corrected chi connectivity index (χ3v) is 4.14. The van der Waals surface area contributed by atoms with E-state index in [0.717, 1.165) is 31.7 Å². The fourth-order valence-electron chi connectivity index (χ4n) is 2.61. The van der Waals surface area contributed by atoms with Crippen molar-refractivity contribution in [3.63, 3.8) is 0 Å². The highest BCUT2D eigenvalue weighted by Gasteiger charge is 2.22. The van der Waals surface area contributed by atoms with Crippen molar-refractivity contribution in [2.45, 2.75) is 38.6 Å². The van der Waals surface area contributed by atoms with Gasteiger partial charge in [-0.2, -0.15) is 0 Å². The van der Waals surface area contributed by atoms with Crippen molar-refractivity contribution in [1.82, 2.24) is 10.2 Å². The van der Waals surface area contributed by atoms with Crippen LogP contribution in [0.25, 0.3) is 0 Å². The van der Waals surface area contributed by atoms with E-state index in [1.807, 2.05) is 30.1 Å². The smallest absolute Gasteiger partial charge is 0.260 e.